The van der Waals surface area contributed by atoms with E-state index in [-0.39, 0.29) is 31.6 Å². The van der Waals surface area contributed by atoms with E-state index in [1.54, 1.807) is 6.08 Å². The number of rotatable bonds is 45. The zero-order valence-electron chi connectivity index (χ0n) is 39.0. The molecule has 0 aromatic carbocycles. The average Bonchev–Trinajstić information content (AvgIpc) is 3.23. The average molecular weight is 827 g/mol. The van der Waals surface area contributed by atoms with Crippen LogP contribution in [0.3, 0.4) is 0 Å². The first kappa shape index (κ1) is 56.4. The van der Waals surface area contributed by atoms with Crippen LogP contribution in [0, 0.1) is 0 Å². The van der Waals surface area contributed by atoms with Crippen LogP contribution in [0.25, 0.3) is 0 Å². The van der Waals surface area contributed by atoms with E-state index in [4.69, 9.17) is 14.2 Å². The van der Waals surface area contributed by atoms with Gasteiger partial charge in [-0.1, -0.05) is 223 Å². The summed E-state index contributed by atoms with van der Waals surface area (Å²) in [6.07, 6.45) is 57.0. The summed E-state index contributed by atoms with van der Waals surface area (Å²) in [6.45, 7) is 6.43. The third kappa shape index (κ3) is 46.3. The van der Waals surface area contributed by atoms with Crippen LogP contribution in [0.2, 0.25) is 0 Å². The van der Waals surface area contributed by atoms with Crippen molar-refractivity contribution in [2.24, 2.45) is 0 Å². The van der Waals surface area contributed by atoms with Crippen molar-refractivity contribution in [2.45, 2.75) is 258 Å². The number of ether oxygens (including phenoxy) is 3. The maximum absolute atomic E-state index is 12.7. The summed E-state index contributed by atoms with van der Waals surface area (Å²) >= 11 is 0. The summed E-state index contributed by atoms with van der Waals surface area (Å²) in [7, 11) is 0. The highest BCUT2D eigenvalue weighted by atomic mass is 16.6. The zero-order valence-corrected chi connectivity index (χ0v) is 39.0. The lowest BCUT2D eigenvalue weighted by Crippen LogP contribution is -2.30. The van der Waals surface area contributed by atoms with Crippen molar-refractivity contribution in [2.75, 3.05) is 13.2 Å². The highest BCUT2D eigenvalue weighted by molar-refractivity contribution is 5.72. The minimum absolute atomic E-state index is 0.1000. The molecule has 0 aliphatic carbocycles. The first-order valence-electron chi connectivity index (χ1n) is 25.1. The minimum atomic E-state index is -0.805. The van der Waals surface area contributed by atoms with Crippen LogP contribution in [0.5, 0.6) is 0 Å². The molecule has 0 saturated heterocycles. The van der Waals surface area contributed by atoms with Gasteiger partial charge in [-0.3, -0.25) is 14.4 Å². The molecule has 0 aromatic rings. The lowest BCUT2D eigenvalue weighted by Gasteiger charge is -2.18. The molecule has 0 spiro atoms. The van der Waals surface area contributed by atoms with Gasteiger partial charge < -0.3 is 14.2 Å². The van der Waals surface area contributed by atoms with Gasteiger partial charge in [0.1, 0.15) is 13.2 Å². The van der Waals surface area contributed by atoms with Crippen LogP contribution in [-0.2, 0) is 28.6 Å². The van der Waals surface area contributed by atoms with E-state index in [0.717, 1.165) is 57.8 Å². The predicted molar refractivity (Wildman–Crippen MR) is 252 cm³/mol. The summed E-state index contributed by atoms with van der Waals surface area (Å²) in [6, 6.07) is 0. The van der Waals surface area contributed by atoms with Crippen molar-refractivity contribution in [3.05, 3.63) is 48.6 Å². The maximum Gasteiger partial charge on any atom is 0.309 e. The van der Waals surface area contributed by atoms with Gasteiger partial charge in [-0.25, -0.2) is 0 Å². The Bertz CT molecular complexity index is 1040. The lowest BCUT2D eigenvalue weighted by molar-refractivity contribution is -0.166. The van der Waals surface area contributed by atoms with Gasteiger partial charge in [0.25, 0.3) is 0 Å². The second-order valence-electron chi connectivity index (χ2n) is 16.7. The fourth-order valence-electron chi connectivity index (χ4n) is 7.09. The third-order valence-electron chi connectivity index (χ3n) is 10.9. The molecule has 0 radical (unpaired) electrons. The normalized spacial score (nSPS) is 12.4. The molecule has 0 N–H and O–H groups in total. The SMILES string of the molecule is CC/C=C\C/C=C\C/C=C\CC(=O)OCC(COC(=O)CCCCCCCCC/C=C\CCCCCCCC)OC(=O)CCCCCCCCCCCCCCCCC. The quantitative estimate of drug-likeness (QED) is 0.0263. The summed E-state index contributed by atoms with van der Waals surface area (Å²) in [4.78, 5) is 37.8. The van der Waals surface area contributed by atoms with Gasteiger partial charge in [0.2, 0.25) is 0 Å². The van der Waals surface area contributed by atoms with Crippen molar-refractivity contribution in [3.63, 3.8) is 0 Å². The first-order chi connectivity index (χ1) is 29.0. The third-order valence-corrected chi connectivity index (χ3v) is 10.9. The molecule has 0 saturated carbocycles. The van der Waals surface area contributed by atoms with E-state index in [1.165, 1.54) is 154 Å². The summed E-state index contributed by atoms with van der Waals surface area (Å²) < 4.78 is 16.6. The minimum Gasteiger partial charge on any atom is -0.462 e. The molecule has 6 nitrogen and oxygen atoms in total. The fourth-order valence-corrected chi connectivity index (χ4v) is 7.09. The van der Waals surface area contributed by atoms with Crippen LogP contribution in [0.4, 0.5) is 0 Å². The van der Waals surface area contributed by atoms with Gasteiger partial charge in [0.05, 0.1) is 6.42 Å². The van der Waals surface area contributed by atoms with Crippen LogP contribution in [0.15, 0.2) is 48.6 Å². The highest BCUT2D eigenvalue weighted by Crippen LogP contribution is 2.15. The number of hydrogen-bond acceptors (Lipinski definition) is 6. The fraction of sp³-hybridized carbons (Fsp3) is 0.792. The van der Waals surface area contributed by atoms with Gasteiger partial charge in [0, 0.05) is 12.8 Å². The smallest absolute Gasteiger partial charge is 0.309 e. The van der Waals surface area contributed by atoms with Gasteiger partial charge in [0.15, 0.2) is 6.10 Å². The van der Waals surface area contributed by atoms with E-state index in [0.29, 0.717) is 12.8 Å². The largest absolute Gasteiger partial charge is 0.462 e. The van der Waals surface area contributed by atoms with E-state index < -0.39 is 12.1 Å². The Morgan fingerprint density at radius 1 is 0.373 bits per heavy atom. The molecule has 0 heterocycles. The van der Waals surface area contributed by atoms with Crippen LogP contribution in [-0.4, -0.2) is 37.2 Å². The Labute approximate surface area is 365 Å². The predicted octanol–water partition coefficient (Wildman–Crippen LogP) is 16.3. The summed E-state index contributed by atoms with van der Waals surface area (Å²) in [5, 5.41) is 0. The highest BCUT2D eigenvalue weighted by Gasteiger charge is 2.19. The molecule has 0 aromatic heterocycles. The zero-order chi connectivity index (χ0) is 43.0. The number of unbranched alkanes of at least 4 members (excludes halogenated alkanes) is 27. The summed E-state index contributed by atoms with van der Waals surface area (Å²) in [5.41, 5.74) is 0. The Morgan fingerprint density at radius 2 is 0.729 bits per heavy atom. The van der Waals surface area contributed by atoms with E-state index in [9.17, 15) is 14.4 Å². The van der Waals surface area contributed by atoms with E-state index >= 15 is 0 Å². The monoisotopic (exact) mass is 827 g/mol. The van der Waals surface area contributed by atoms with Crippen molar-refractivity contribution in [3.8, 4) is 0 Å². The number of hydrogen-bond donors (Lipinski definition) is 0. The van der Waals surface area contributed by atoms with Gasteiger partial charge in [-0.15, -0.1) is 0 Å². The van der Waals surface area contributed by atoms with E-state index in [1.807, 2.05) is 6.08 Å². The molecule has 0 amide bonds. The molecule has 1 unspecified atom stereocenters. The Kier molecular flexibility index (Phi) is 45.9. The van der Waals surface area contributed by atoms with E-state index in [2.05, 4.69) is 57.2 Å². The van der Waals surface area contributed by atoms with Crippen LogP contribution in [0.1, 0.15) is 252 Å². The van der Waals surface area contributed by atoms with Gasteiger partial charge >= 0.3 is 17.9 Å². The molecule has 0 aliphatic heterocycles. The molecule has 6 heteroatoms. The number of carbonyl (C=O) groups is 3. The second kappa shape index (κ2) is 48.0. The molecular formula is C53H94O6. The standard InChI is InChI=1S/C53H94O6/c1-4-7-10-13-16-19-21-23-25-26-28-29-31-34-37-40-43-46-52(55)58-49-50(48-57-51(54)45-42-39-36-33-18-15-12-9-6-3)59-53(56)47-44-41-38-35-32-30-27-24-22-20-17-14-11-8-5-2/h9,12,18,23,25,33,39,42,50H,4-8,10-11,13-17,19-22,24,26-32,34-38,40-41,43-49H2,1-3H3/b12-9-,25-23-,33-18-,42-39-. The van der Waals surface area contributed by atoms with Crippen LogP contribution >= 0.6 is 0 Å². The number of allylic oxidation sites excluding steroid dienone is 7. The maximum atomic E-state index is 12.7. The Morgan fingerprint density at radius 3 is 1.17 bits per heavy atom. The van der Waals surface area contributed by atoms with Crippen molar-refractivity contribution >= 4 is 17.9 Å². The van der Waals surface area contributed by atoms with Crippen molar-refractivity contribution in [1.29, 1.82) is 0 Å². The number of esters is 3. The Balaban J connectivity index is 4.35. The lowest BCUT2D eigenvalue weighted by atomic mass is 10.0. The molecule has 0 bridgehead atoms. The van der Waals surface area contributed by atoms with Crippen molar-refractivity contribution in [1.82, 2.24) is 0 Å². The molecule has 1 atom stereocenters. The van der Waals surface area contributed by atoms with Gasteiger partial charge in [-0.05, 0) is 57.8 Å². The molecular weight excluding hydrogens is 733 g/mol. The molecule has 0 aliphatic rings. The Hall–Kier alpha value is -2.63. The first-order valence-corrected chi connectivity index (χ1v) is 25.1. The molecule has 342 valence electrons. The second-order valence-corrected chi connectivity index (χ2v) is 16.7. The van der Waals surface area contributed by atoms with Crippen molar-refractivity contribution < 1.29 is 28.6 Å². The summed E-state index contributed by atoms with van der Waals surface area (Å²) in [5.74, 6) is -1.03. The topological polar surface area (TPSA) is 78.9 Å². The van der Waals surface area contributed by atoms with Crippen LogP contribution < -0.4 is 0 Å². The molecule has 0 rings (SSSR count). The van der Waals surface area contributed by atoms with Gasteiger partial charge in [-0.2, -0.15) is 0 Å². The molecule has 0 fully saturated rings. The number of carbonyl (C=O) groups excluding carboxylic acids is 3. The molecule has 59 heavy (non-hydrogen) atoms.